The Morgan fingerprint density at radius 3 is 2.13 bits per heavy atom. The number of alkyl carbamates (subject to hydrolysis) is 1. The van der Waals surface area contributed by atoms with Gasteiger partial charge in [0.1, 0.15) is 6.04 Å². The van der Waals surface area contributed by atoms with Crippen molar-refractivity contribution in [1.82, 2.24) is 5.32 Å². The largest absolute Gasteiger partial charge is 0.467 e. The minimum absolute atomic E-state index is 0.921. The van der Waals surface area contributed by atoms with Crippen LogP contribution >= 0.6 is 0 Å². The number of esters is 1. The predicted molar refractivity (Wildman–Crippen MR) is 42.0 cm³/mol. The fourth-order valence-corrected chi connectivity index (χ4v) is 0.768. The Bertz CT molecular complexity index is 241. The van der Waals surface area contributed by atoms with Crippen molar-refractivity contribution in [2.45, 2.75) is 18.6 Å². The first kappa shape index (κ1) is 13.5. The van der Waals surface area contributed by atoms with E-state index in [2.05, 4.69) is 9.47 Å². The lowest BCUT2D eigenvalue weighted by Gasteiger charge is -2.16. The standard InChI is InChI=1S/C7H10F3NO4/c1-14-5(12)4(3-7(8,9)10)11-6(13)15-2/h4H,3H2,1-2H3,(H,11,13). The SMILES string of the molecule is COC(=O)NC(CC(F)(F)F)C(=O)OC. The van der Waals surface area contributed by atoms with Gasteiger partial charge in [0, 0.05) is 0 Å². The highest BCUT2D eigenvalue weighted by molar-refractivity contribution is 5.81. The summed E-state index contributed by atoms with van der Waals surface area (Å²) in [5, 5.41) is 1.72. The summed E-state index contributed by atoms with van der Waals surface area (Å²) in [6, 6.07) is -1.79. The Morgan fingerprint density at radius 2 is 1.80 bits per heavy atom. The second kappa shape index (κ2) is 5.42. The van der Waals surface area contributed by atoms with E-state index in [1.807, 2.05) is 0 Å². The van der Waals surface area contributed by atoms with E-state index in [0.29, 0.717) is 0 Å². The van der Waals surface area contributed by atoms with Crippen molar-refractivity contribution in [1.29, 1.82) is 0 Å². The van der Waals surface area contributed by atoms with Gasteiger partial charge in [0.2, 0.25) is 0 Å². The summed E-state index contributed by atoms with van der Waals surface area (Å²) >= 11 is 0. The van der Waals surface area contributed by atoms with Crippen molar-refractivity contribution >= 4 is 12.1 Å². The van der Waals surface area contributed by atoms with E-state index in [9.17, 15) is 22.8 Å². The van der Waals surface area contributed by atoms with Crippen LogP contribution in [-0.4, -0.2) is 38.5 Å². The molecule has 0 aromatic carbocycles. The van der Waals surface area contributed by atoms with Gasteiger partial charge in [-0.15, -0.1) is 0 Å². The summed E-state index contributed by atoms with van der Waals surface area (Å²) in [5.74, 6) is -1.18. The minimum atomic E-state index is -4.58. The average molecular weight is 229 g/mol. The molecule has 0 aliphatic heterocycles. The first-order chi connectivity index (χ1) is 6.80. The monoisotopic (exact) mass is 229 g/mol. The van der Waals surface area contributed by atoms with Gasteiger partial charge in [-0.25, -0.2) is 9.59 Å². The van der Waals surface area contributed by atoms with Gasteiger partial charge in [0.05, 0.1) is 20.6 Å². The molecule has 88 valence electrons. The Labute approximate surface area is 83.5 Å². The molecular formula is C7H10F3NO4. The van der Waals surface area contributed by atoms with Gasteiger partial charge < -0.3 is 14.8 Å². The third-order valence-corrected chi connectivity index (χ3v) is 1.40. The summed E-state index contributed by atoms with van der Waals surface area (Å²) in [5.41, 5.74) is 0. The van der Waals surface area contributed by atoms with Gasteiger partial charge in [0.15, 0.2) is 0 Å². The summed E-state index contributed by atoms with van der Waals surface area (Å²) in [6.45, 7) is 0. The topological polar surface area (TPSA) is 64.6 Å². The number of hydrogen-bond donors (Lipinski definition) is 1. The molecule has 0 fully saturated rings. The maximum Gasteiger partial charge on any atom is 0.407 e. The van der Waals surface area contributed by atoms with Crippen LogP contribution in [0.4, 0.5) is 18.0 Å². The Hall–Kier alpha value is -1.47. The lowest BCUT2D eigenvalue weighted by molar-refractivity contribution is -0.160. The zero-order valence-corrected chi connectivity index (χ0v) is 8.05. The van der Waals surface area contributed by atoms with E-state index in [1.165, 1.54) is 0 Å². The highest BCUT2D eigenvalue weighted by Crippen LogP contribution is 2.22. The molecule has 0 aliphatic carbocycles. The molecule has 0 heterocycles. The van der Waals surface area contributed by atoms with Crippen LogP contribution in [0.15, 0.2) is 0 Å². The number of amides is 1. The van der Waals surface area contributed by atoms with Crippen LogP contribution in [0, 0.1) is 0 Å². The molecule has 1 unspecified atom stereocenters. The molecule has 1 amide bonds. The molecule has 0 saturated carbocycles. The van der Waals surface area contributed by atoms with E-state index in [1.54, 1.807) is 5.32 Å². The van der Waals surface area contributed by atoms with Crippen LogP contribution < -0.4 is 5.32 Å². The molecule has 0 radical (unpaired) electrons. The van der Waals surface area contributed by atoms with E-state index < -0.39 is 30.7 Å². The number of rotatable bonds is 3. The van der Waals surface area contributed by atoms with E-state index >= 15 is 0 Å². The molecule has 8 heteroatoms. The maximum atomic E-state index is 12.0. The fraction of sp³-hybridized carbons (Fsp3) is 0.714. The maximum absolute atomic E-state index is 12.0. The molecule has 0 aromatic rings. The van der Waals surface area contributed by atoms with Gasteiger partial charge in [-0.1, -0.05) is 0 Å². The third kappa shape index (κ3) is 5.76. The smallest absolute Gasteiger partial charge is 0.407 e. The fourth-order valence-electron chi connectivity index (χ4n) is 0.768. The number of ether oxygens (including phenoxy) is 2. The molecule has 0 saturated heterocycles. The molecule has 0 rings (SSSR count). The molecular weight excluding hydrogens is 219 g/mol. The second-order valence-electron chi connectivity index (χ2n) is 2.53. The van der Waals surface area contributed by atoms with Crippen LogP contribution in [0.3, 0.4) is 0 Å². The number of halogens is 3. The van der Waals surface area contributed by atoms with E-state index in [0.717, 1.165) is 14.2 Å². The highest BCUT2D eigenvalue weighted by Gasteiger charge is 2.37. The summed E-state index contributed by atoms with van der Waals surface area (Å²) in [4.78, 5) is 21.5. The lowest BCUT2D eigenvalue weighted by Crippen LogP contribution is -2.44. The van der Waals surface area contributed by atoms with Crippen molar-refractivity contribution in [2.75, 3.05) is 14.2 Å². The molecule has 5 nitrogen and oxygen atoms in total. The predicted octanol–water partition coefficient (Wildman–Crippen LogP) is 0.836. The quantitative estimate of drug-likeness (QED) is 0.728. The van der Waals surface area contributed by atoms with E-state index in [4.69, 9.17) is 0 Å². The Morgan fingerprint density at radius 1 is 1.27 bits per heavy atom. The molecule has 0 aliphatic rings. The number of nitrogens with one attached hydrogen (secondary N) is 1. The average Bonchev–Trinajstić information content (AvgIpc) is 2.13. The first-order valence-corrected chi connectivity index (χ1v) is 3.79. The number of carbonyl (C=O) groups excluding carboxylic acids is 2. The zero-order valence-electron chi connectivity index (χ0n) is 8.05. The third-order valence-electron chi connectivity index (χ3n) is 1.40. The molecule has 0 spiro atoms. The number of carbonyl (C=O) groups is 2. The summed E-state index contributed by atoms with van der Waals surface area (Å²) in [6.07, 6.45) is -7.22. The molecule has 1 N–H and O–H groups in total. The molecule has 1 atom stereocenters. The van der Waals surface area contributed by atoms with Crippen LogP contribution in [0.5, 0.6) is 0 Å². The second-order valence-corrected chi connectivity index (χ2v) is 2.53. The van der Waals surface area contributed by atoms with Gasteiger partial charge in [-0.2, -0.15) is 13.2 Å². The summed E-state index contributed by atoms with van der Waals surface area (Å²) < 4.78 is 44.0. The zero-order chi connectivity index (χ0) is 12.1. The minimum Gasteiger partial charge on any atom is -0.467 e. The van der Waals surface area contributed by atoms with Crippen LogP contribution in [-0.2, 0) is 14.3 Å². The summed E-state index contributed by atoms with van der Waals surface area (Å²) in [7, 11) is 1.89. The van der Waals surface area contributed by atoms with Crippen LogP contribution in [0.25, 0.3) is 0 Å². The van der Waals surface area contributed by atoms with Gasteiger partial charge in [0.25, 0.3) is 0 Å². The van der Waals surface area contributed by atoms with Crippen molar-refractivity contribution < 1.29 is 32.2 Å². The van der Waals surface area contributed by atoms with Crippen molar-refractivity contribution in [3.63, 3.8) is 0 Å². The normalized spacial score (nSPS) is 12.9. The highest BCUT2D eigenvalue weighted by atomic mass is 19.4. The molecule has 15 heavy (non-hydrogen) atoms. The molecule has 0 aromatic heterocycles. The Kier molecular flexibility index (Phi) is 4.89. The van der Waals surface area contributed by atoms with Crippen molar-refractivity contribution in [3.05, 3.63) is 0 Å². The number of alkyl halides is 3. The van der Waals surface area contributed by atoms with E-state index in [-0.39, 0.29) is 0 Å². The van der Waals surface area contributed by atoms with Gasteiger partial charge in [-0.05, 0) is 0 Å². The number of methoxy groups -OCH3 is 2. The number of hydrogen-bond acceptors (Lipinski definition) is 4. The first-order valence-electron chi connectivity index (χ1n) is 3.79. The van der Waals surface area contributed by atoms with Gasteiger partial charge >= 0.3 is 18.2 Å². The van der Waals surface area contributed by atoms with Crippen LogP contribution in [0.2, 0.25) is 0 Å². The Balaban J connectivity index is 4.45. The van der Waals surface area contributed by atoms with Crippen LogP contribution in [0.1, 0.15) is 6.42 Å². The lowest BCUT2D eigenvalue weighted by atomic mass is 10.2. The van der Waals surface area contributed by atoms with Crippen molar-refractivity contribution in [2.24, 2.45) is 0 Å². The van der Waals surface area contributed by atoms with Crippen molar-refractivity contribution in [3.8, 4) is 0 Å². The molecule has 0 bridgehead atoms. The van der Waals surface area contributed by atoms with Gasteiger partial charge in [-0.3, -0.25) is 0 Å².